The molecule has 0 spiro atoms. The quantitative estimate of drug-likeness (QED) is 0.660. The van der Waals surface area contributed by atoms with Gasteiger partial charge in [0.05, 0.1) is 16.5 Å². The monoisotopic (exact) mass is 380 g/mol. The van der Waals surface area contributed by atoms with E-state index in [0.29, 0.717) is 17.3 Å². The van der Waals surface area contributed by atoms with Crippen LogP contribution in [0.2, 0.25) is 0 Å². The maximum absolute atomic E-state index is 11.1. The molecule has 140 valence electrons. The summed E-state index contributed by atoms with van der Waals surface area (Å²) in [6.45, 7) is 8.65. The Labute approximate surface area is 163 Å². The summed E-state index contributed by atoms with van der Waals surface area (Å²) in [7, 11) is 0. The van der Waals surface area contributed by atoms with Gasteiger partial charge in [-0.05, 0) is 29.5 Å². The molecule has 0 fully saturated rings. The molecule has 2 aromatic carbocycles. The Morgan fingerprint density at radius 3 is 2.37 bits per heavy atom. The van der Waals surface area contributed by atoms with Crippen molar-refractivity contribution in [2.45, 2.75) is 39.7 Å². The molecule has 1 aromatic heterocycles. The van der Waals surface area contributed by atoms with Gasteiger partial charge in [-0.15, -0.1) is 11.3 Å². The van der Waals surface area contributed by atoms with Crippen LogP contribution in [-0.2, 0) is 12.0 Å². The lowest BCUT2D eigenvalue weighted by molar-refractivity contribution is -0.254. The number of carboxylic acid groups (broad SMARTS) is 1. The van der Waals surface area contributed by atoms with E-state index in [9.17, 15) is 9.90 Å². The van der Waals surface area contributed by atoms with Gasteiger partial charge in [-0.2, -0.15) is 0 Å². The van der Waals surface area contributed by atoms with Crippen molar-refractivity contribution in [2.75, 3.05) is 0 Å². The molecule has 0 atom stereocenters. The van der Waals surface area contributed by atoms with Crippen LogP contribution in [0.1, 0.15) is 47.3 Å². The number of carbonyl (C=O) groups is 1. The summed E-state index contributed by atoms with van der Waals surface area (Å²) in [5.41, 5.74) is 3.60. The second-order valence-corrected chi connectivity index (χ2v) is 8.45. The van der Waals surface area contributed by atoms with E-state index in [4.69, 9.17) is 4.74 Å². The molecule has 5 heteroatoms. The predicted octanol–water partition coefficient (Wildman–Crippen LogP) is 4.36. The molecule has 0 radical (unpaired) electrons. The first kappa shape index (κ1) is 19.1. The number of aryl methyl sites for hydroxylation is 1. The van der Waals surface area contributed by atoms with Gasteiger partial charge in [0.15, 0.2) is 0 Å². The molecule has 0 aliphatic rings. The van der Waals surface area contributed by atoms with Crippen molar-refractivity contribution < 1.29 is 14.6 Å². The zero-order chi connectivity index (χ0) is 19.6. The first-order valence-electron chi connectivity index (χ1n) is 8.76. The number of para-hydroxylation sites is 1. The summed E-state index contributed by atoms with van der Waals surface area (Å²) in [6.07, 6.45) is 0. The molecule has 0 saturated heterocycles. The average Bonchev–Trinajstić information content (AvgIpc) is 3.02. The van der Waals surface area contributed by atoms with Crippen molar-refractivity contribution in [1.29, 1.82) is 0 Å². The molecule has 0 amide bonds. The fourth-order valence-corrected chi connectivity index (χ4v) is 3.73. The van der Waals surface area contributed by atoms with Crippen molar-refractivity contribution >= 4 is 17.3 Å². The van der Waals surface area contributed by atoms with Gasteiger partial charge < -0.3 is 14.6 Å². The van der Waals surface area contributed by atoms with Gasteiger partial charge >= 0.3 is 0 Å². The van der Waals surface area contributed by atoms with Crippen molar-refractivity contribution in [3.05, 3.63) is 70.2 Å². The van der Waals surface area contributed by atoms with E-state index in [1.54, 1.807) is 6.92 Å². The number of thiazole rings is 1. The molecule has 3 rings (SSSR count). The third-order valence-corrected chi connectivity index (χ3v) is 5.46. The topological polar surface area (TPSA) is 62.2 Å². The third-order valence-electron chi connectivity index (χ3n) is 4.27. The lowest BCUT2D eigenvalue weighted by atomic mass is 9.86. The normalized spacial score (nSPS) is 11.4. The number of carbonyl (C=O) groups excluding carboxylic acids is 1. The fraction of sp³-hybridized carbons (Fsp3) is 0.273. The third kappa shape index (κ3) is 4.37. The smallest absolute Gasteiger partial charge is 0.124 e. The number of aromatic carboxylic acids is 1. The molecule has 1 heterocycles. The van der Waals surface area contributed by atoms with Crippen molar-refractivity contribution in [1.82, 2.24) is 4.98 Å². The highest BCUT2D eigenvalue weighted by atomic mass is 32.1. The Kier molecular flexibility index (Phi) is 5.33. The summed E-state index contributed by atoms with van der Waals surface area (Å²) in [5, 5.41) is 11.8. The molecule has 0 N–H and O–H groups in total. The first-order valence-corrected chi connectivity index (χ1v) is 9.58. The van der Waals surface area contributed by atoms with E-state index in [0.717, 1.165) is 28.2 Å². The van der Waals surface area contributed by atoms with E-state index in [-0.39, 0.29) is 10.3 Å². The van der Waals surface area contributed by atoms with Gasteiger partial charge in [-0.1, -0.05) is 63.2 Å². The van der Waals surface area contributed by atoms with Gasteiger partial charge in [0.1, 0.15) is 17.4 Å². The van der Waals surface area contributed by atoms with Crippen molar-refractivity contribution in [2.24, 2.45) is 0 Å². The largest absolute Gasteiger partial charge is 0.544 e. The molecule has 4 nitrogen and oxygen atoms in total. The van der Waals surface area contributed by atoms with Gasteiger partial charge in [0, 0.05) is 5.56 Å². The Hall–Kier alpha value is -2.66. The Bertz CT molecular complexity index is 952. The number of ether oxygens (including phenoxy) is 1. The van der Waals surface area contributed by atoms with E-state index in [1.807, 2.05) is 42.5 Å². The van der Waals surface area contributed by atoms with Gasteiger partial charge in [0.25, 0.3) is 0 Å². The summed E-state index contributed by atoms with van der Waals surface area (Å²) >= 11 is 1.14. The summed E-state index contributed by atoms with van der Waals surface area (Å²) < 4.78 is 6.05. The van der Waals surface area contributed by atoms with Crippen molar-refractivity contribution in [3.8, 4) is 16.3 Å². The van der Waals surface area contributed by atoms with Crippen LogP contribution < -0.4 is 9.84 Å². The SMILES string of the molecule is Cc1nc(-c2ccc(COc3ccccc3C(C)(C)C)cc2)sc1C(=O)[O-]. The molecule has 3 aromatic rings. The number of hydrogen-bond donors (Lipinski definition) is 0. The van der Waals surface area contributed by atoms with Gasteiger partial charge in [-0.3, -0.25) is 0 Å². The van der Waals surface area contributed by atoms with Gasteiger partial charge in [0.2, 0.25) is 0 Å². The minimum atomic E-state index is -1.18. The number of benzene rings is 2. The molecule has 0 bridgehead atoms. The number of hydrogen-bond acceptors (Lipinski definition) is 5. The molecule has 0 aliphatic heterocycles. The average molecular weight is 380 g/mol. The second-order valence-electron chi connectivity index (χ2n) is 7.45. The zero-order valence-corrected chi connectivity index (χ0v) is 16.7. The van der Waals surface area contributed by atoms with E-state index in [2.05, 4.69) is 31.8 Å². The van der Waals surface area contributed by atoms with Crippen LogP contribution >= 0.6 is 11.3 Å². The highest BCUT2D eigenvalue weighted by molar-refractivity contribution is 7.17. The lowest BCUT2D eigenvalue weighted by Gasteiger charge is -2.22. The maximum Gasteiger partial charge on any atom is 0.124 e. The van der Waals surface area contributed by atoms with Crippen LogP contribution in [0.15, 0.2) is 48.5 Å². The number of nitrogens with zero attached hydrogens (tertiary/aromatic N) is 1. The van der Waals surface area contributed by atoms with Crippen molar-refractivity contribution in [3.63, 3.8) is 0 Å². The predicted molar refractivity (Wildman–Crippen MR) is 106 cm³/mol. The number of aromatic nitrogens is 1. The molecular weight excluding hydrogens is 358 g/mol. The van der Waals surface area contributed by atoms with Crippen LogP contribution in [-0.4, -0.2) is 11.0 Å². The van der Waals surface area contributed by atoms with Crippen LogP contribution in [0.3, 0.4) is 0 Å². The van der Waals surface area contributed by atoms with Gasteiger partial charge in [-0.25, -0.2) is 4.98 Å². The summed E-state index contributed by atoms with van der Waals surface area (Å²) in [5.74, 6) is -0.290. The standard InChI is InChI=1S/C22H23NO3S/c1-14-19(21(24)25)27-20(23-14)16-11-9-15(10-12-16)13-26-18-8-6-5-7-17(18)22(2,3)4/h5-12H,13H2,1-4H3,(H,24,25)/p-1. The second kappa shape index (κ2) is 7.53. The highest BCUT2D eigenvalue weighted by Gasteiger charge is 2.18. The molecule has 0 unspecified atom stereocenters. The zero-order valence-electron chi connectivity index (χ0n) is 15.9. The minimum Gasteiger partial charge on any atom is -0.544 e. The van der Waals surface area contributed by atoms with E-state index in [1.165, 1.54) is 5.56 Å². The Balaban J connectivity index is 1.74. The van der Waals surface area contributed by atoms with Crippen LogP contribution in [0.5, 0.6) is 5.75 Å². The fourth-order valence-electron chi connectivity index (χ4n) is 2.83. The number of carboxylic acids is 1. The Morgan fingerprint density at radius 2 is 1.78 bits per heavy atom. The van der Waals surface area contributed by atoms with Crippen LogP contribution in [0.25, 0.3) is 10.6 Å². The number of rotatable bonds is 5. The van der Waals surface area contributed by atoms with Crippen LogP contribution in [0, 0.1) is 6.92 Å². The Morgan fingerprint density at radius 1 is 1.11 bits per heavy atom. The summed E-state index contributed by atoms with van der Waals surface area (Å²) in [6, 6.07) is 15.9. The molecule has 0 saturated carbocycles. The summed E-state index contributed by atoms with van der Waals surface area (Å²) in [4.78, 5) is 15.6. The molecule has 0 aliphatic carbocycles. The molecule has 27 heavy (non-hydrogen) atoms. The molecular formula is C22H22NO3S-. The van der Waals surface area contributed by atoms with Crippen LogP contribution in [0.4, 0.5) is 0 Å². The maximum atomic E-state index is 11.1. The lowest BCUT2D eigenvalue weighted by Crippen LogP contribution is -2.21. The van der Waals surface area contributed by atoms with E-state index < -0.39 is 5.97 Å². The minimum absolute atomic E-state index is 0.0137. The van der Waals surface area contributed by atoms with E-state index >= 15 is 0 Å². The first-order chi connectivity index (χ1) is 12.8. The highest BCUT2D eigenvalue weighted by Crippen LogP contribution is 2.32.